The van der Waals surface area contributed by atoms with Crippen LogP contribution < -0.4 is 0 Å². The second kappa shape index (κ2) is 6.07. The van der Waals surface area contributed by atoms with Crippen molar-refractivity contribution in [2.24, 2.45) is 5.41 Å². The summed E-state index contributed by atoms with van der Waals surface area (Å²) in [5.74, 6) is 0.0326. The molecule has 0 aromatic carbocycles. The molecule has 2 heterocycles. The van der Waals surface area contributed by atoms with E-state index in [-0.39, 0.29) is 23.0 Å². The Hall–Kier alpha value is -1.11. The third kappa shape index (κ3) is 2.47. The Morgan fingerprint density at radius 1 is 1.48 bits per heavy atom. The zero-order valence-corrected chi connectivity index (χ0v) is 14.7. The fourth-order valence-electron chi connectivity index (χ4n) is 4.13. The molecule has 1 N–H and O–H groups in total. The molecule has 23 heavy (non-hydrogen) atoms. The fourth-order valence-corrected chi connectivity index (χ4v) is 4.67. The van der Waals surface area contributed by atoms with Crippen molar-refractivity contribution in [1.29, 1.82) is 0 Å². The molecule has 1 aromatic heterocycles. The molecular weight excluding hydrogens is 312 g/mol. The highest BCUT2D eigenvalue weighted by Crippen LogP contribution is 2.58. The summed E-state index contributed by atoms with van der Waals surface area (Å²) in [6.07, 6.45) is 5.54. The number of carbonyl (C=O) groups excluding carboxylic acids is 1. The minimum atomic E-state index is -0.329. The molecule has 1 aliphatic heterocycles. The van der Waals surface area contributed by atoms with Gasteiger partial charge in [-0.3, -0.25) is 4.79 Å². The predicted octanol–water partition coefficient (Wildman–Crippen LogP) is 2.20. The number of rotatable bonds is 3. The Bertz CT molecular complexity index is 601. The smallest absolute Gasteiger partial charge is 0.256 e. The van der Waals surface area contributed by atoms with E-state index in [2.05, 4.69) is 11.9 Å². The van der Waals surface area contributed by atoms with Gasteiger partial charge in [-0.05, 0) is 38.2 Å². The highest BCUT2D eigenvalue weighted by molar-refractivity contribution is 7.98. The van der Waals surface area contributed by atoms with Crippen LogP contribution in [0.25, 0.3) is 0 Å². The van der Waals surface area contributed by atoms with Gasteiger partial charge >= 0.3 is 0 Å². The van der Waals surface area contributed by atoms with Crippen molar-refractivity contribution in [2.75, 3.05) is 26.5 Å². The first-order valence-corrected chi connectivity index (χ1v) is 9.21. The summed E-state index contributed by atoms with van der Waals surface area (Å²) in [5.41, 5.74) is 0.176. The topological polar surface area (TPSA) is 62.7 Å². The number of hydrogen-bond donors (Lipinski definition) is 1. The van der Waals surface area contributed by atoms with Crippen LogP contribution in [0, 0.1) is 5.41 Å². The molecule has 0 bridgehead atoms. The summed E-state index contributed by atoms with van der Waals surface area (Å²) in [6, 6.07) is 3.64. The molecule has 5 nitrogen and oxygen atoms in total. The number of thioether (sulfide) groups is 1. The quantitative estimate of drug-likeness (QED) is 0.858. The van der Waals surface area contributed by atoms with Crippen LogP contribution >= 0.6 is 11.8 Å². The number of likely N-dealkylation sites (tertiary alicyclic amines) is 1. The van der Waals surface area contributed by atoms with Gasteiger partial charge in [-0.2, -0.15) is 0 Å². The summed E-state index contributed by atoms with van der Waals surface area (Å²) in [4.78, 5) is 18.9. The summed E-state index contributed by atoms with van der Waals surface area (Å²) >= 11 is 1.49. The second-order valence-corrected chi connectivity index (χ2v) is 7.46. The molecular formula is C17H24N2O3S. The number of piperidine rings is 1. The van der Waals surface area contributed by atoms with E-state index in [0.29, 0.717) is 25.1 Å². The first kappa shape index (κ1) is 16.7. The van der Waals surface area contributed by atoms with E-state index in [9.17, 15) is 9.90 Å². The summed E-state index contributed by atoms with van der Waals surface area (Å²) in [7, 11) is 1.71. The predicted molar refractivity (Wildman–Crippen MR) is 89.6 cm³/mol. The lowest BCUT2D eigenvalue weighted by Gasteiger charge is -2.62. The Labute approximate surface area is 141 Å². The van der Waals surface area contributed by atoms with E-state index in [1.165, 1.54) is 11.8 Å². The van der Waals surface area contributed by atoms with E-state index in [1.807, 2.05) is 17.2 Å². The van der Waals surface area contributed by atoms with Gasteiger partial charge in [0, 0.05) is 38.2 Å². The molecule has 0 radical (unpaired) electrons. The van der Waals surface area contributed by atoms with Crippen molar-refractivity contribution in [3.8, 4) is 0 Å². The Morgan fingerprint density at radius 2 is 2.17 bits per heavy atom. The zero-order chi connectivity index (χ0) is 16.7. The van der Waals surface area contributed by atoms with E-state index >= 15 is 0 Å². The van der Waals surface area contributed by atoms with Crippen LogP contribution in [0.5, 0.6) is 0 Å². The molecule has 2 unspecified atom stereocenters. The zero-order valence-electron chi connectivity index (χ0n) is 13.9. The van der Waals surface area contributed by atoms with Crippen molar-refractivity contribution in [3.05, 3.63) is 23.9 Å². The van der Waals surface area contributed by atoms with Crippen LogP contribution in [-0.4, -0.2) is 59.1 Å². The minimum Gasteiger partial charge on any atom is -0.392 e. The van der Waals surface area contributed by atoms with Gasteiger partial charge in [-0.15, -0.1) is 11.8 Å². The van der Waals surface area contributed by atoms with Gasteiger partial charge in [0.2, 0.25) is 0 Å². The molecule has 1 saturated heterocycles. The SMILES string of the molecule is COC1(C)CC(O)C12CCN(C(=O)c1cccnc1SC)CC2. The van der Waals surface area contributed by atoms with Crippen LogP contribution in [0.3, 0.4) is 0 Å². The third-order valence-electron chi connectivity index (χ3n) is 5.86. The van der Waals surface area contributed by atoms with Gasteiger partial charge < -0.3 is 14.7 Å². The summed E-state index contributed by atoms with van der Waals surface area (Å²) < 4.78 is 5.68. The molecule has 2 atom stereocenters. The van der Waals surface area contributed by atoms with Crippen LogP contribution in [0.15, 0.2) is 23.4 Å². The van der Waals surface area contributed by atoms with E-state index < -0.39 is 0 Å². The maximum atomic E-state index is 12.8. The van der Waals surface area contributed by atoms with Crippen molar-refractivity contribution >= 4 is 17.7 Å². The number of aliphatic hydroxyl groups excluding tert-OH is 1. The molecule has 126 valence electrons. The van der Waals surface area contributed by atoms with E-state index in [1.54, 1.807) is 19.4 Å². The average Bonchev–Trinajstić information content (AvgIpc) is 2.61. The van der Waals surface area contributed by atoms with Gasteiger partial charge in [-0.1, -0.05) is 0 Å². The van der Waals surface area contributed by atoms with Gasteiger partial charge in [0.15, 0.2) is 0 Å². The van der Waals surface area contributed by atoms with Crippen molar-refractivity contribution in [3.63, 3.8) is 0 Å². The number of methoxy groups -OCH3 is 1. The number of aromatic nitrogens is 1. The molecule has 3 rings (SSSR count). The number of pyridine rings is 1. The Morgan fingerprint density at radius 3 is 2.74 bits per heavy atom. The van der Waals surface area contributed by atoms with Crippen molar-refractivity contribution < 1.29 is 14.6 Å². The standard InChI is InChI=1S/C17H24N2O3S/c1-16(22-2)11-13(20)17(16)6-9-19(10-7-17)15(21)12-5-4-8-18-14(12)23-3/h4-5,8,13,20H,6-7,9-11H2,1-3H3. The van der Waals surface area contributed by atoms with Gasteiger partial charge in [0.25, 0.3) is 5.91 Å². The summed E-state index contributed by atoms with van der Waals surface area (Å²) in [6.45, 7) is 3.37. The maximum Gasteiger partial charge on any atom is 0.256 e. The molecule has 2 fully saturated rings. The molecule has 6 heteroatoms. The molecule has 1 saturated carbocycles. The van der Waals surface area contributed by atoms with Crippen LogP contribution in [-0.2, 0) is 4.74 Å². The van der Waals surface area contributed by atoms with Gasteiger partial charge in [0.05, 0.1) is 17.3 Å². The van der Waals surface area contributed by atoms with E-state index in [4.69, 9.17) is 4.74 Å². The van der Waals surface area contributed by atoms with Gasteiger partial charge in [0.1, 0.15) is 5.03 Å². The normalized spacial score (nSPS) is 29.4. The Balaban J connectivity index is 1.73. The second-order valence-electron chi connectivity index (χ2n) is 6.66. The number of ether oxygens (including phenoxy) is 1. The first-order valence-electron chi connectivity index (χ1n) is 7.99. The fraction of sp³-hybridized carbons (Fsp3) is 0.647. The Kier molecular flexibility index (Phi) is 4.42. The molecule has 1 amide bonds. The van der Waals surface area contributed by atoms with Gasteiger partial charge in [-0.25, -0.2) is 4.98 Å². The third-order valence-corrected chi connectivity index (χ3v) is 6.57. The molecule has 1 aliphatic carbocycles. The highest BCUT2D eigenvalue weighted by atomic mass is 32.2. The van der Waals surface area contributed by atoms with Crippen molar-refractivity contribution in [1.82, 2.24) is 9.88 Å². The van der Waals surface area contributed by atoms with Crippen LogP contribution in [0.1, 0.15) is 36.5 Å². The van der Waals surface area contributed by atoms with Crippen LogP contribution in [0.4, 0.5) is 0 Å². The number of carbonyl (C=O) groups is 1. The number of hydrogen-bond acceptors (Lipinski definition) is 5. The monoisotopic (exact) mass is 336 g/mol. The van der Waals surface area contributed by atoms with Crippen molar-refractivity contribution in [2.45, 2.75) is 42.9 Å². The number of amides is 1. The number of aliphatic hydroxyl groups is 1. The average molecular weight is 336 g/mol. The maximum absolute atomic E-state index is 12.8. The van der Waals surface area contributed by atoms with E-state index in [0.717, 1.165) is 17.9 Å². The summed E-state index contributed by atoms with van der Waals surface area (Å²) in [5, 5.41) is 11.1. The first-order chi connectivity index (χ1) is 11.0. The molecule has 2 aliphatic rings. The lowest BCUT2D eigenvalue weighted by molar-refractivity contribution is -0.259. The van der Waals surface area contributed by atoms with Crippen LogP contribution in [0.2, 0.25) is 0 Å². The lowest BCUT2D eigenvalue weighted by atomic mass is 9.51. The minimum absolute atomic E-state index is 0.0326. The number of nitrogens with zero attached hydrogens (tertiary/aromatic N) is 2. The largest absolute Gasteiger partial charge is 0.392 e. The molecule has 1 aromatic rings. The lowest BCUT2D eigenvalue weighted by Crippen LogP contribution is -2.69. The molecule has 1 spiro atoms. The highest BCUT2D eigenvalue weighted by Gasteiger charge is 2.63.